The molecule has 0 bridgehead atoms. The Morgan fingerprint density at radius 3 is 2.36 bits per heavy atom. The normalized spacial score (nSPS) is 11.1. The molecular formula is C19H14F3N3O2S. The van der Waals surface area contributed by atoms with E-state index in [4.69, 9.17) is 0 Å². The van der Waals surface area contributed by atoms with E-state index in [9.17, 15) is 22.8 Å². The van der Waals surface area contributed by atoms with Crippen LogP contribution in [0.4, 0.5) is 24.0 Å². The lowest BCUT2D eigenvalue weighted by molar-refractivity contribution is -0.137. The molecule has 0 aliphatic carbocycles. The summed E-state index contributed by atoms with van der Waals surface area (Å²) in [7, 11) is 0. The van der Waals surface area contributed by atoms with E-state index in [0.29, 0.717) is 16.4 Å². The minimum absolute atomic E-state index is 0.218. The van der Waals surface area contributed by atoms with Crippen molar-refractivity contribution >= 4 is 34.0 Å². The zero-order chi connectivity index (χ0) is 20.1. The molecule has 0 unspecified atom stereocenters. The van der Waals surface area contributed by atoms with Gasteiger partial charge in [-0.2, -0.15) is 13.2 Å². The van der Waals surface area contributed by atoms with Gasteiger partial charge in [0.2, 0.25) is 5.91 Å². The number of para-hydroxylation sites is 1. The lowest BCUT2D eigenvalue weighted by Gasteiger charge is -2.13. The van der Waals surface area contributed by atoms with Crippen molar-refractivity contribution in [3.05, 3.63) is 76.8 Å². The van der Waals surface area contributed by atoms with Crippen LogP contribution in [-0.2, 0) is 17.4 Å². The number of amides is 2. The fourth-order valence-electron chi connectivity index (χ4n) is 2.40. The van der Waals surface area contributed by atoms with Gasteiger partial charge in [-0.15, -0.1) is 11.3 Å². The van der Waals surface area contributed by atoms with Crippen molar-refractivity contribution in [3.63, 3.8) is 0 Å². The highest BCUT2D eigenvalue weighted by Crippen LogP contribution is 2.34. The number of aromatic nitrogens is 1. The number of carbonyl (C=O) groups excluding carboxylic acids is 2. The molecule has 0 atom stereocenters. The smallest absolute Gasteiger partial charge is 0.325 e. The highest BCUT2D eigenvalue weighted by Gasteiger charge is 2.33. The number of alkyl halides is 3. The second-order valence-corrected chi connectivity index (χ2v) is 6.59. The van der Waals surface area contributed by atoms with Crippen molar-refractivity contribution in [2.24, 2.45) is 0 Å². The highest BCUT2D eigenvalue weighted by atomic mass is 32.1. The summed E-state index contributed by atoms with van der Waals surface area (Å²) in [5, 5.41) is 6.74. The van der Waals surface area contributed by atoms with E-state index >= 15 is 0 Å². The van der Waals surface area contributed by atoms with Crippen molar-refractivity contribution in [1.29, 1.82) is 0 Å². The van der Waals surface area contributed by atoms with Gasteiger partial charge in [-0.05, 0) is 24.3 Å². The molecule has 28 heavy (non-hydrogen) atoms. The van der Waals surface area contributed by atoms with E-state index in [1.54, 1.807) is 35.7 Å². The molecule has 144 valence electrons. The summed E-state index contributed by atoms with van der Waals surface area (Å²) in [6.45, 7) is 0. The van der Waals surface area contributed by atoms with E-state index in [1.165, 1.54) is 18.2 Å². The van der Waals surface area contributed by atoms with Crippen LogP contribution in [0.25, 0.3) is 0 Å². The molecule has 2 aromatic carbocycles. The average molecular weight is 405 g/mol. The Hall–Kier alpha value is -3.20. The maximum absolute atomic E-state index is 13.0. The fraction of sp³-hybridized carbons (Fsp3) is 0.105. The maximum atomic E-state index is 13.0. The third-order valence-electron chi connectivity index (χ3n) is 3.66. The number of rotatable bonds is 5. The van der Waals surface area contributed by atoms with Gasteiger partial charge >= 0.3 is 6.18 Å². The Morgan fingerprint density at radius 2 is 1.64 bits per heavy atom. The molecule has 0 radical (unpaired) electrons. The minimum atomic E-state index is -4.57. The standard InChI is InChI=1S/C19H14F3N3O2S/c20-19(21,22)14-8-4-5-9-15(14)24-16(26)10-13-11-28-18(23-13)25-17(27)12-6-2-1-3-7-12/h1-9,11H,10H2,(H,24,26)(H,23,25,27). The van der Waals surface area contributed by atoms with Crippen molar-refractivity contribution < 1.29 is 22.8 Å². The molecule has 0 saturated heterocycles. The van der Waals surface area contributed by atoms with E-state index in [-0.39, 0.29) is 18.0 Å². The molecule has 2 N–H and O–H groups in total. The first-order valence-corrected chi connectivity index (χ1v) is 8.98. The van der Waals surface area contributed by atoms with Gasteiger partial charge < -0.3 is 5.32 Å². The highest BCUT2D eigenvalue weighted by molar-refractivity contribution is 7.14. The summed E-state index contributed by atoms with van der Waals surface area (Å²) in [6, 6.07) is 13.3. The Balaban J connectivity index is 1.63. The SMILES string of the molecule is O=C(Cc1csc(NC(=O)c2ccccc2)n1)Nc1ccccc1C(F)(F)F. The van der Waals surface area contributed by atoms with Crippen LogP contribution in [0.5, 0.6) is 0 Å². The van der Waals surface area contributed by atoms with E-state index in [0.717, 1.165) is 17.4 Å². The van der Waals surface area contributed by atoms with Crippen molar-refractivity contribution in [1.82, 2.24) is 4.98 Å². The lowest BCUT2D eigenvalue weighted by Crippen LogP contribution is -2.18. The van der Waals surface area contributed by atoms with Crippen molar-refractivity contribution in [3.8, 4) is 0 Å². The molecule has 0 spiro atoms. The van der Waals surface area contributed by atoms with Gasteiger partial charge in [-0.1, -0.05) is 30.3 Å². The topological polar surface area (TPSA) is 71.1 Å². The van der Waals surface area contributed by atoms with Crippen LogP contribution in [0.1, 0.15) is 21.6 Å². The van der Waals surface area contributed by atoms with Crippen molar-refractivity contribution in [2.75, 3.05) is 10.6 Å². The minimum Gasteiger partial charge on any atom is -0.325 e. The molecule has 0 aliphatic heterocycles. The number of anilines is 2. The Kier molecular flexibility index (Phi) is 5.74. The summed E-state index contributed by atoms with van der Waals surface area (Å²) in [5.74, 6) is -0.979. The van der Waals surface area contributed by atoms with Gasteiger partial charge in [-0.3, -0.25) is 14.9 Å². The maximum Gasteiger partial charge on any atom is 0.418 e. The summed E-state index contributed by atoms with van der Waals surface area (Å²) in [5.41, 5.74) is -0.429. The number of benzene rings is 2. The van der Waals surface area contributed by atoms with Gasteiger partial charge in [-0.25, -0.2) is 4.98 Å². The molecule has 2 amide bonds. The first-order chi connectivity index (χ1) is 13.3. The third kappa shape index (κ3) is 4.95. The summed E-state index contributed by atoms with van der Waals surface area (Å²) < 4.78 is 39.0. The first kappa shape index (κ1) is 19.6. The second kappa shape index (κ2) is 8.22. The van der Waals surface area contributed by atoms with Crippen LogP contribution in [0, 0.1) is 0 Å². The van der Waals surface area contributed by atoms with Gasteiger partial charge in [0.05, 0.1) is 23.4 Å². The van der Waals surface area contributed by atoms with Crippen LogP contribution in [0.15, 0.2) is 60.0 Å². The molecule has 1 aromatic heterocycles. The Morgan fingerprint density at radius 1 is 0.964 bits per heavy atom. The van der Waals surface area contributed by atoms with Crippen LogP contribution >= 0.6 is 11.3 Å². The molecular weight excluding hydrogens is 391 g/mol. The zero-order valence-corrected chi connectivity index (χ0v) is 15.1. The first-order valence-electron chi connectivity index (χ1n) is 8.10. The predicted molar refractivity (Wildman–Crippen MR) is 100 cm³/mol. The van der Waals surface area contributed by atoms with Crippen LogP contribution in [0.3, 0.4) is 0 Å². The second-order valence-electron chi connectivity index (χ2n) is 5.73. The molecule has 3 aromatic rings. The van der Waals surface area contributed by atoms with E-state index in [2.05, 4.69) is 15.6 Å². The van der Waals surface area contributed by atoms with Gasteiger partial charge in [0.25, 0.3) is 5.91 Å². The fourth-order valence-corrected chi connectivity index (χ4v) is 3.11. The molecule has 5 nitrogen and oxygen atoms in total. The van der Waals surface area contributed by atoms with Gasteiger partial charge in [0.15, 0.2) is 5.13 Å². The summed E-state index contributed by atoms with van der Waals surface area (Å²) >= 11 is 1.13. The molecule has 0 fully saturated rings. The monoisotopic (exact) mass is 405 g/mol. The molecule has 1 heterocycles. The largest absolute Gasteiger partial charge is 0.418 e. The third-order valence-corrected chi connectivity index (χ3v) is 4.46. The van der Waals surface area contributed by atoms with Crippen LogP contribution in [0.2, 0.25) is 0 Å². The average Bonchev–Trinajstić information content (AvgIpc) is 3.08. The predicted octanol–water partition coefficient (Wildman–Crippen LogP) is 4.60. The molecule has 0 aliphatic rings. The zero-order valence-electron chi connectivity index (χ0n) is 14.3. The quantitative estimate of drug-likeness (QED) is 0.652. The van der Waals surface area contributed by atoms with Crippen LogP contribution < -0.4 is 10.6 Å². The van der Waals surface area contributed by atoms with Gasteiger partial charge in [0.1, 0.15) is 0 Å². The number of nitrogens with zero attached hydrogens (tertiary/aromatic N) is 1. The Bertz CT molecular complexity index is 987. The number of hydrogen-bond acceptors (Lipinski definition) is 4. The molecule has 0 saturated carbocycles. The number of carbonyl (C=O) groups is 2. The number of hydrogen-bond donors (Lipinski definition) is 2. The van der Waals surface area contributed by atoms with Gasteiger partial charge in [0, 0.05) is 10.9 Å². The number of thiazole rings is 1. The lowest BCUT2D eigenvalue weighted by atomic mass is 10.1. The van der Waals surface area contributed by atoms with E-state index < -0.39 is 17.6 Å². The molecule has 9 heteroatoms. The summed E-state index contributed by atoms with van der Waals surface area (Å²) in [6.07, 6.45) is -4.79. The number of halogens is 3. The van der Waals surface area contributed by atoms with Crippen LogP contribution in [-0.4, -0.2) is 16.8 Å². The number of nitrogens with one attached hydrogen (secondary N) is 2. The Labute approximate surface area is 162 Å². The summed E-state index contributed by atoms with van der Waals surface area (Å²) in [4.78, 5) is 28.3. The van der Waals surface area contributed by atoms with E-state index in [1.807, 2.05) is 0 Å². The van der Waals surface area contributed by atoms with Crippen molar-refractivity contribution in [2.45, 2.75) is 12.6 Å². The molecule has 3 rings (SSSR count).